The fourth-order valence-corrected chi connectivity index (χ4v) is 3.62. The molecule has 1 aliphatic rings. The SMILES string of the molecule is COC1C=c2nccc(Oc3ccc(NC(=O)NC(=O)Cc4ccccc4)cc3)c2=CC1OC. The normalized spacial score (nSPS) is 16.4. The molecule has 1 aromatic heterocycles. The van der Waals surface area contributed by atoms with Gasteiger partial charge in [-0.3, -0.25) is 15.1 Å². The third kappa shape index (κ3) is 5.67. The molecule has 0 fully saturated rings. The summed E-state index contributed by atoms with van der Waals surface area (Å²) in [4.78, 5) is 28.6. The van der Waals surface area contributed by atoms with Crippen molar-refractivity contribution in [1.82, 2.24) is 10.3 Å². The first-order valence-electron chi connectivity index (χ1n) is 10.7. The minimum atomic E-state index is -0.596. The summed E-state index contributed by atoms with van der Waals surface area (Å²) in [7, 11) is 3.25. The number of amides is 3. The molecule has 2 unspecified atom stereocenters. The lowest BCUT2D eigenvalue weighted by atomic mass is 10.1. The van der Waals surface area contributed by atoms with Crippen molar-refractivity contribution in [1.29, 1.82) is 0 Å². The highest BCUT2D eigenvalue weighted by molar-refractivity contribution is 6.01. The molecule has 0 radical (unpaired) electrons. The monoisotopic (exact) mass is 459 g/mol. The van der Waals surface area contributed by atoms with Crippen LogP contribution >= 0.6 is 0 Å². The molecule has 2 atom stereocenters. The van der Waals surface area contributed by atoms with Crippen molar-refractivity contribution in [2.75, 3.05) is 19.5 Å². The van der Waals surface area contributed by atoms with Crippen LogP contribution < -0.4 is 25.9 Å². The van der Waals surface area contributed by atoms with Crippen LogP contribution in [-0.4, -0.2) is 43.3 Å². The standard InChI is InChI=1S/C26H25N3O5/c1-32-23-15-20-21(16-24(23)33-2)27-13-12-22(20)34-19-10-8-18(9-11-19)28-26(31)29-25(30)14-17-6-4-3-5-7-17/h3-13,15-16,23-24H,14H2,1-2H3,(H2,28,29,30,31). The molecule has 8 nitrogen and oxygen atoms in total. The van der Waals surface area contributed by atoms with Gasteiger partial charge in [0, 0.05) is 31.3 Å². The summed E-state index contributed by atoms with van der Waals surface area (Å²) in [6.45, 7) is 0. The van der Waals surface area contributed by atoms with E-state index < -0.39 is 6.03 Å². The van der Waals surface area contributed by atoms with Crippen LogP contribution in [0, 0.1) is 0 Å². The lowest BCUT2D eigenvalue weighted by molar-refractivity contribution is -0.119. The van der Waals surface area contributed by atoms with E-state index in [0.29, 0.717) is 17.2 Å². The molecular formula is C26H25N3O5. The van der Waals surface area contributed by atoms with Crippen LogP contribution in [0.15, 0.2) is 66.9 Å². The fraction of sp³-hybridized carbons (Fsp3) is 0.192. The number of fused-ring (bicyclic) bond motifs is 1. The average molecular weight is 460 g/mol. The molecule has 174 valence electrons. The molecule has 3 aromatic rings. The molecule has 0 aliphatic heterocycles. The number of carbonyl (C=O) groups excluding carboxylic acids is 2. The average Bonchev–Trinajstić information content (AvgIpc) is 2.85. The van der Waals surface area contributed by atoms with Crippen LogP contribution in [0.2, 0.25) is 0 Å². The number of imide groups is 1. The maximum absolute atomic E-state index is 12.1. The molecular weight excluding hydrogens is 434 g/mol. The number of nitrogens with one attached hydrogen (secondary N) is 2. The van der Waals surface area contributed by atoms with Gasteiger partial charge in [-0.2, -0.15) is 0 Å². The number of rotatable bonds is 7. The summed E-state index contributed by atoms with van der Waals surface area (Å²) in [6.07, 6.45) is 5.15. The van der Waals surface area contributed by atoms with Crippen molar-refractivity contribution < 1.29 is 23.8 Å². The molecule has 34 heavy (non-hydrogen) atoms. The van der Waals surface area contributed by atoms with Crippen molar-refractivity contribution in [2.24, 2.45) is 0 Å². The zero-order chi connectivity index (χ0) is 23.9. The first-order valence-corrected chi connectivity index (χ1v) is 10.7. The lowest BCUT2D eigenvalue weighted by Crippen LogP contribution is -2.41. The number of hydrogen-bond acceptors (Lipinski definition) is 6. The zero-order valence-corrected chi connectivity index (χ0v) is 18.9. The molecule has 2 N–H and O–H groups in total. The first kappa shape index (κ1) is 23.2. The lowest BCUT2D eigenvalue weighted by Gasteiger charge is -2.22. The van der Waals surface area contributed by atoms with E-state index in [-0.39, 0.29) is 24.5 Å². The molecule has 4 rings (SSSR count). The molecule has 8 heteroatoms. The summed E-state index contributed by atoms with van der Waals surface area (Å²) >= 11 is 0. The van der Waals surface area contributed by atoms with Gasteiger partial charge in [-0.15, -0.1) is 0 Å². The van der Waals surface area contributed by atoms with Gasteiger partial charge in [0.05, 0.1) is 11.8 Å². The van der Waals surface area contributed by atoms with Gasteiger partial charge in [-0.1, -0.05) is 30.3 Å². The van der Waals surface area contributed by atoms with Crippen LogP contribution in [-0.2, 0) is 20.7 Å². The summed E-state index contributed by atoms with van der Waals surface area (Å²) in [5.41, 5.74) is 1.36. The Morgan fingerprint density at radius 3 is 2.32 bits per heavy atom. The van der Waals surface area contributed by atoms with E-state index in [1.54, 1.807) is 50.7 Å². The molecule has 0 saturated heterocycles. The molecule has 1 heterocycles. The van der Waals surface area contributed by atoms with Gasteiger partial charge >= 0.3 is 6.03 Å². The summed E-state index contributed by atoms with van der Waals surface area (Å²) < 4.78 is 17.0. The van der Waals surface area contributed by atoms with E-state index in [0.717, 1.165) is 16.1 Å². The van der Waals surface area contributed by atoms with Gasteiger partial charge < -0.3 is 19.5 Å². The Labute approximate surface area is 196 Å². The topological polar surface area (TPSA) is 98.8 Å². The van der Waals surface area contributed by atoms with Crippen LogP contribution in [0.1, 0.15) is 5.56 Å². The third-order valence-electron chi connectivity index (χ3n) is 5.30. The second-order valence-corrected chi connectivity index (χ2v) is 7.63. The molecule has 0 bridgehead atoms. The summed E-state index contributed by atoms with van der Waals surface area (Å²) in [5, 5.41) is 6.55. The number of urea groups is 1. The third-order valence-corrected chi connectivity index (χ3v) is 5.30. The summed E-state index contributed by atoms with van der Waals surface area (Å²) in [5.74, 6) is 0.822. The Morgan fingerprint density at radius 1 is 0.912 bits per heavy atom. The van der Waals surface area contributed by atoms with E-state index >= 15 is 0 Å². The molecule has 3 amide bonds. The second-order valence-electron chi connectivity index (χ2n) is 7.63. The Bertz CT molecular complexity index is 1280. The van der Waals surface area contributed by atoms with Crippen molar-refractivity contribution >= 4 is 29.8 Å². The molecule has 0 saturated carbocycles. The number of methoxy groups -OCH3 is 2. The fourth-order valence-electron chi connectivity index (χ4n) is 3.62. The Hall–Kier alpha value is -4.01. The van der Waals surface area contributed by atoms with Gasteiger partial charge in [-0.05, 0) is 48.0 Å². The minimum absolute atomic E-state index is 0.126. The highest BCUT2D eigenvalue weighted by Crippen LogP contribution is 2.21. The number of anilines is 1. The molecule has 0 spiro atoms. The smallest absolute Gasteiger partial charge is 0.325 e. The van der Waals surface area contributed by atoms with Gasteiger partial charge in [0.2, 0.25) is 5.91 Å². The number of carbonyl (C=O) groups is 2. The maximum Gasteiger partial charge on any atom is 0.325 e. The predicted octanol–water partition coefficient (Wildman–Crippen LogP) is 2.37. The van der Waals surface area contributed by atoms with Crippen LogP contribution in [0.4, 0.5) is 10.5 Å². The van der Waals surface area contributed by atoms with E-state index in [2.05, 4.69) is 15.6 Å². The number of ether oxygens (including phenoxy) is 3. The van der Waals surface area contributed by atoms with Crippen molar-refractivity contribution in [3.05, 3.63) is 83.0 Å². The first-order chi connectivity index (χ1) is 16.6. The van der Waals surface area contributed by atoms with Crippen molar-refractivity contribution in [3.63, 3.8) is 0 Å². The second kappa shape index (κ2) is 10.7. The number of hydrogen-bond donors (Lipinski definition) is 2. The molecule has 1 aliphatic carbocycles. The van der Waals surface area contributed by atoms with E-state index in [4.69, 9.17) is 14.2 Å². The molecule has 2 aromatic carbocycles. The Kier molecular flexibility index (Phi) is 7.31. The van der Waals surface area contributed by atoms with Gasteiger partial charge in [0.25, 0.3) is 0 Å². The van der Waals surface area contributed by atoms with Crippen molar-refractivity contribution in [3.8, 4) is 11.5 Å². The highest BCUT2D eigenvalue weighted by Gasteiger charge is 2.21. The van der Waals surface area contributed by atoms with E-state index in [9.17, 15) is 9.59 Å². The van der Waals surface area contributed by atoms with Gasteiger partial charge in [-0.25, -0.2) is 4.79 Å². The minimum Gasteiger partial charge on any atom is -0.457 e. The Morgan fingerprint density at radius 2 is 1.62 bits per heavy atom. The van der Waals surface area contributed by atoms with E-state index in [1.807, 2.05) is 42.5 Å². The number of aromatic nitrogens is 1. The maximum atomic E-state index is 12.1. The highest BCUT2D eigenvalue weighted by atomic mass is 16.5. The van der Waals surface area contributed by atoms with Crippen LogP contribution in [0.25, 0.3) is 12.2 Å². The largest absolute Gasteiger partial charge is 0.457 e. The number of nitrogens with zero attached hydrogens (tertiary/aromatic N) is 1. The van der Waals surface area contributed by atoms with Crippen LogP contribution in [0.3, 0.4) is 0 Å². The predicted molar refractivity (Wildman–Crippen MR) is 128 cm³/mol. The number of pyridine rings is 1. The Balaban J connectivity index is 1.39. The zero-order valence-electron chi connectivity index (χ0n) is 18.9. The quantitative estimate of drug-likeness (QED) is 0.563. The van der Waals surface area contributed by atoms with Crippen LogP contribution in [0.5, 0.6) is 11.5 Å². The van der Waals surface area contributed by atoms with Gasteiger partial charge in [0.15, 0.2) is 0 Å². The van der Waals surface area contributed by atoms with Gasteiger partial charge in [0.1, 0.15) is 23.7 Å². The van der Waals surface area contributed by atoms with E-state index in [1.165, 1.54) is 0 Å². The summed E-state index contributed by atoms with van der Waals surface area (Å²) in [6, 6.07) is 17.2. The number of benzene rings is 2. The van der Waals surface area contributed by atoms with Crippen molar-refractivity contribution in [2.45, 2.75) is 18.6 Å².